The van der Waals surface area contributed by atoms with E-state index in [1.807, 2.05) is 18.2 Å². The lowest BCUT2D eigenvalue weighted by molar-refractivity contribution is 0.176. The van der Waals surface area contributed by atoms with Crippen molar-refractivity contribution in [3.8, 4) is 5.88 Å². The predicted octanol–water partition coefficient (Wildman–Crippen LogP) is 4.36. The minimum atomic E-state index is 0.129. The lowest BCUT2D eigenvalue weighted by Gasteiger charge is -2.25. The van der Waals surface area contributed by atoms with Crippen molar-refractivity contribution < 1.29 is 4.74 Å². The van der Waals surface area contributed by atoms with Gasteiger partial charge in [0.05, 0.1) is 0 Å². The minimum absolute atomic E-state index is 0.129. The number of pyridine rings is 1. The van der Waals surface area contributed by atoms with Crippen LogP contribution in [0.2, 0.25) is 0 Å². The topological polar surface area (TPSA) is 34.1 Å². The molecule has 3 rings (SSSR count). The number of anilines is 1. The zero-order valence-electron chi connectivity index (χ0n) is 12.5. The van der Waals surface area contributed by atoms with Crippen molar-refractivity contribution in [1.29, 1.82) is 0 Å². The third-order valence-corrected chi connectivity index (χ3v) is 3.86. The molecule has 110 valence electrons. The van der Waals surface area contributed by atoms with E-state index in [1.165, 1.54) is 17.5 Å². The minimum Gasteiger partial charge on any atom is -0.469 e. The van der Waals surface area contributed by atoms with Crippen molar-refractivity contribution in [2.24, 2.45) is 0 Å². The van der Waals surface area contributed by atoms with Gasteiger partial charge >= 0.3 is 0 Å². The van der Waals surface area contributed by atoms with E-state index < -0.39 is 0 Å². The number of rotatable bonds is 5. The zero-order chi connectivity index (χ0) is 14.5. The van der Waals surface area contributed by atoms with Gasteiger partial charge in [-0.15, -0.1) is 0 Å². The van der Waals surface area contributed by atoms with Crippen molar-refractivity contribution in [2.45, 2.75) is 38.7 Å². The van der Waals surface area contributed by atoms with Gasteiger partial charge in [0, 0.05) is 12.6 Å². The van der Waals surface area contributed by atoms with Crippen LogP contribution >= 0.6 is 0 Å². The monoisotopic (exact) mass is 282 g/mol. The second kappa shape index (κ2) is 6.61. The van der Waals surface area contributed by atoms with Gasteiger partial charge in [0.2, 0.25) is 5.88 Å². The molecular weight excluding hydrogens is 260 g/mol. The van der Waals surface area contributed by atoms with Crippen molar-refractivity contribution in [3.63, 3.8) is 0 Å². The van der Waals surface area contributed by atoms with E-state index >= 15 is 0 Å². The highest BCUT2D eigenvalue weighted by Gasteiger charge is 2.21. The summed E-state index contributed by atoms with van der Waals surface area (Å²) in [6.45, 7) is 3.08. The lowest BCUT2D eigenvalue weighted by Crippen LogP contribution is -2.15. The molecule has 3 nitrogen and oxygen atoms in total. The van der Waals surface area contributed by atoms with Crippen LogP contribution in [0.15, 0.2) is 42.5 Å². The van der Waals surface area contributed by atoms with Gasteiger partial charge in [0.1, 0.15) is 11.9 Å². The summed E-state index contributed by atoms with van der Waals surface area (Å²) in [6.07, 6.45) is 4.61. The number of fused-ring (bicyclic) bond motifs is 1. The van der Waals surface area contributed by atoms with Crippen LogP contribution in [0.4, 0.5) is 5.82 Å². The summed E-state index contributed by atoms with van der Waals surface area (Å²) in [5.74, 6) is 1.59. The maximum absolute atomic E-state index is 6.15. The molecule has 1 unspecified atom stereocenters. The second-order valence-electron chi connectivity index (χ2n) is 5.49. The molecule has 0 saturated carbocycles. The molecule has 1 N–H and O–H groups in total. The van der Waals surface area contributed by atoms with E-state index in [4.69, 9.17) is 4.74 Å². The number of benzene rings is 1. The molecule has 1 aliphatic rings. The van der Waals surface area contributed by atoms with Gasteiger partial charge in [-0.3, -0.25) is 0 Å². The Morgan fingerprint density at radius 2 is 2.10 bits per heavy atom. The molecule has 0 fully saturated rings. The van der Waals surface area contributed by atoms with Gasteiger partial charge in [-0.25, -0.2) is 0 Å². The summed E-state index contributed by atoms with van der Waals surface area (Å²) >= 11 is 0. The van der Waals surface area contributed by atoms with Crippen LogP contribution in [0.25, 0.3) is 0 Å². The van der Waals surface area contributed by atoms with Gasteiger partial charge in [0.15, 0.2) is 0 Å². The molecular formula is C18H22N2O. The fourth-order valence-corrected chi connectivity index (χ4v) is 2.81. The van der Waals surface area contributed by atoms with Crippen molar-refractivity contribution in [3.05, 3.63) is 53.6 Å². The molecule has 0 saturated heterocycles. The Morgan fingerprint density at radius 3 is 3.00 bits per heavy atom. The molecule has 1 aliphatic carbocycles. The van der Waals surface area contributed by atoms with E-state index in [0.717, 1.165) is 31.6 Å². The Labute approximate surface area is 126 Å². The van der Waals surface area contributed by atoms with Crippen LogP contribution in [0.3, 0.4) is 0 Å². The van der Waals surface area contributed by atoms with Gasteiger partial charge in [0.25, 0.3) is 0 Å². The normalized spacial score (nSPS) is 17.1. The Bertz CT molecular complexity index is 597. The Hall–Kier alpha value is -2.03. The number of ether oxygens (including phenoxy) is 1. The number of hydrogen-bond donors (Lipinski definition) is 1. The summed E-state index contributed by atoms with van der Waals surface area (Å²) in [7, 11) is 0. The molecule has 2 aromatic rings. The lowest BCUT2D eigenvalue weighted by atomic mass is 9.89. The number of aromatic nitrogens is 1. The first-order chi connectivity index (χ1) is 10.4. The fourth-order valence-electron chi connectivity index (χ4n) is 2.81. The van der Waals surface area contributed by atoms with Crippen LogP contribution in [0.5, 0.6) is 5.88 Å². The van der Waals surface area contributed by atoms with Crippen molar-refractivity contribution in [1.82, 2.24) is 4.98 Å². The number of hydrogen-bond acceptors (Lipinski definition) is 3. The Kier molecular flexibility index (Phi) is 4.39. The molecule has 0 radical (unpaired) electrons. The highest BCUT2D eigenvalue weighted by Crippen LogP contribution is 2.33. The van der Waals surface area contributed by atoms with Crippen LogP contribution in [0.1, 0.15) is 43.4 Å². The second-order valence-corrected chi connectivity index (χ2v) is 5.49. The van der Waals surface area contributed by atoms with Crippen LogP contribution in [0, 0.1) is 0 Å². The Morgan fingerprint density at radius 1 is 1.19 bits per heavy atom. The zero-order valence-corrected chi connectivity index (χ0v) is 12.5. The average Bonchev–Trinajstić information content (AvgIpc) is 2.54. The molecule has 3 heteroatoms. The van der Waals surface area contributed by atoms with E-state index in [2.05, 4.69) is 41.5 Å². The summed E-state index contributed by atoms with van der Waals surface area (Å²) in [6, 6.07) is 14.5. The molecule has 1 aromatic carbocycles. The van der Waals surface area contributed by atoms with Crippen molar-refractivity contribution >= 4 is 5.82 Å². The predicted molar refractivity (Wildman–Crippen MR) is 85.8 cm³/mol. The van der Waals surface area contributed by atoms with Crippen molar-refractivity contribution in [2.75, 3.05) is 11.9 Å². The standard InChI is InChI=1S/C18H22N2O/c1-2-13-19-17-11-6-12-18(20-17)21-16-10-5-8-14-7-3-4-9-15(14)16/h3-4,6-7,9,11-12,16H,2,5,8,10,13H2,1H3,(H,19,20). The summed E-state index contributed by atoms with van der Waals surface area (Å²) < 4.78 is 6.15. The molecule has 0 spiro atoms. The molecule has 0 amide bonds. The largest absolute Gasteiger partial charge is 0.469 e. The molecule has 21 heavy (non-hydrogen) atoms. The third-order valence-electron chi connectivity index (χ3n) is 3.86. The molecule has 1 aromatic heterocycles. The molecule has 0 aliphatic heterocycles. The molecule has 0 bridgehead atoms. The number of aryl methyl sites for hydroxylation is 1. The summed E-state index contributed by atoms with van der Waals surface area (Å²) in [5, 5.41) is 3.30. The Balaban J connectivity index is 1.75. The van der Waals surface area contributed by atoms with E-state index in [-0.39, 0.29) is 6.10 Å². The van der Waals surface area contributed by atoms with Crippen LogP contribution < -0.4 is 10.1 Å². The van der Waals surface area contributed by atoms with E-state index in [9.17, 15) is 0 Å². The fraction of sp³-hybridized carbons (Fsp3) is 0.389. The van der Waals surface area contributed by atoms with E-state index in [1.54, 1.807) is 0 Å². The molecule has 1 heterocycles. The van der Waals surface area contributed by atoms with Crippen LogP contribution in [-0.4, -0.2) is 11.5 Å². The summed E-state index contributed by atoms with van der Waals surface area (Å²) in [4.78, 5) is 4.54. The quantitative estimate of drug-likeness (QED) is 0.884. The number of nitrogens with one attached hydrogen (secondary N) is 1. The van der Waals surface area contributed by atoms with E-state index in [0.29, 0.717) is 5.88 Å². The first-order valence-electron chi connectivity index (χ1n) is 7.82. The highest BCUT2D eigenvalue weighted by atomic mass is 16.5. The average molecular weight is 282 g/mol. The molecule has 1 atom stereocenters. The first-order valence-corrected chi connectivity index (χ1v) is 7.82. The van der Waals surface area contributed by atoms with Crippen LogP contribution in [-0.2, 0) is 6.42 Å². The first kappa shape index (κ1) is 13.9. The smallest absolute Gasteiger partial charge is 0.215 e. The highest BCUT2D eigenvalue weighted by molar-refractivity contribution is 5.37. The van der Waals surface area contributed by atoms with Gasteiger partial charge in [-0.1, -0.05) is 37.3 Å². The summed E-state index contributed by atoms with van der Waals surface area (Å²) in [5.41, 5.74) is 2.73. The van der Waals surface area contributed by atoms with Gasteiger partial charge in [-0.2, -0.15) is 4.98 Å². The maximum Gasteiger partial charge on any atom is 0.215 e. The SMILES string of the molecule is CCCNc1cccc(OC2CCCc3ccccc32)n1. The third kappa shape index (κ3) is 3.35. The van der Waals surface area contributed by atoms with Gasteiger partial charge in [-0.05, 0) is 42.9 Å². The van der Waals surface area contributed by atoms with Gasteiger partial charge < -0.3 is 10.1 Å². The number of nitrogens with zero attached hydrogens (tertiary/aromatic N) is 1. The maximum atomic E-state index is 6.15.